The first-order chi connectivity index (χ1) is 10.3. The molecule has 0 unspecified atom stereocenters. The van der Waals surface area contributed by atoms with E-state index in [0.29, 0.717) is 5.92 Å². The lowest BCUT2D eigenvalue weighted by atomic mass is 9.94. The van der Waals surface area contributed by atoms with Crippen LogP contribution >= 0.6 is 0 Å². The van der Waals surface area contributed by atoms with Crippen LogP contribution in [0.3, 0.4) is 0 Å². The van der Waals surface area contributed by atoms with Crippen LogP contribution in [0.5, 0.6) is 0 Å². The Bertz CT molecular complexity index is 601. The van der Waals surface area contributed by atoms with Crippen molar-refractivity contribution in [2.24, 2.45) is 5.92 Å². The number of carbonyl (C=O) groups excluding carboxylic acids is 1. The summed E-state index contributed by atoms with van der Waals surface area (Å²) in [5, 5.41) is 3.01. The molecule has 6 heteroatoms. The topological polar surface area (TPSA) is 75.3 Å². The van der Waals surface area contributed by atoms with Crippen molar-refractivity contribution in [1.82, 2.24) is 10.0 Å². The predicted octanol–water partition coefficient (Wildman–Crippen LogP) is 1.45. The molecule has 0 aliphatic heterocycles. The molecular weight excluding hydrogens is 300 g/mol. The molecule has 1 aliphatic carbocycles. The Hall–Kier alpha value is -1.40. The SMILES string of the molecule is C[C@H](NS(C)(=O)=O)C(=O)N[C@@H]1CCC[C@H]1Cc1ccccc1. The van der Waals surface area contributed by atoms with Crippen LogP contribution in [-0.2, 0) is 21.2 Å². The van der Waals surface area contributed by atoms with E-state index in [1.54, 1.807) is 6.92 Å². The maximum absolute atomic E-state index is 12.1. The maximum atomic E-state index is 12.1. The van der Waals surface area contributed by atoms with Crippen LogP contribution in [0.25, 0.3) is 0 Å². The number of hydrogen-bond acceptors (Lipinski definition) is 3. The molecule has 22 heavy (non-hydrogen) atoms. The number of rotatable bonds is 6. The van der Waals surface area contributed by atoms with Crippen molar-refractivity contribution >= 4 is 15.9 Å². The zero-order valence-electron chi connectivity index (χ0n) is 13.1. The average Bonchev–Trinajstić information content (AvgIpc) is 2.85. The van der Waals surface area contributed by atoms with E-state index in [2.05, 4.69) is 22.2 Å². The molecule has 1 aromatic rings. The summed E-state index contributed by atoms with van der Waals surface area (Å²) < 4.78 is 24.7. The van der Waals surface area contributed by atoms with Gasteiger partial charge in [-0.15, -0.1) is 0 Å². The van der Waals surface area contributed by atoms with E-state index in [-0.39, 0.29) is 11.9 Å². The summed E-state index contributed by atoms with van der Waals surface area (Å²) in [7, 11) is -3.37. The lowest BCUT2D eigenvalue weighted by Crippen LogP contribution is -2.48. The third-order valence-corrected chi connectivity index (χ3v) is 4.89. The van der Waals surface area contributed by atoms with Gasteiger partial charge >= 0.3 is 0 Å². The van der Waals surface area contributed by atoms with Crippen molar-refractivity contribution in [2.75, 3.05) is 6.26 Å². The molecule has 0 spiro atoms. The zero-order valence-corrected chi connectivity index (χ0v) is 13.9. The van der Waals surface area contributed by atoms with Crippen molar-refractivity contribution in [2.45, 2.75) is 44.7 Å². The van der Waals surface area contributed by atoms with Crippen molar-refractivity contribution in [3.63, 3.8) is 0 Å². The minimum absolute atomic E-state index is 0.122. The highest BCUT2D eigenvalue weighted by atomic mass is 32.2. The molecular formula is C16H24N2O3S. The first-order valence-electron chi connectivity index (χ1n) is 7.67. The van der Waals surface area contributed by atoms with Crippen LogP contribution in [0.1, 0.15) is 31.7 Å². The molecule has 1 saturated carbocycles. The van der Waals surface area contributed by atoms with Gasteiger partial charge in [0.1, 0.15) is 0 Å². The van der Waals surface area contributed by atoms with Gasteiger partial charge in [0.15, 0.2) is 0 Å². The molecule has 2 N–H and O–H groups in total. The molecule has 0 saturated heterocycles. The van der Waals surface area contributed by atoms with E-state index in [9.17, 15) is 13.2 Å². The quantitative estimate of drug-likeness (QED) is 0.832. The van der Waals surface area contributed by atoms with Gasteiger partial charge in [-0.3, -0.25) is 4.79 Å². The Kier molecular flexibility index (Phi) is 5.58. The number of nitrogens with one attached hydrogen (secondary N) is 2. The molecule has 1 fully saturated rings. The van der Waals surface area contributed by atoms with Crippen LogP contribution in [0.2, 0.25) is 0 Å². The molecule has 0 bridgehead atoms. The molecule has 122 valence electrons. The number of hydrogen-bond donors (Lipinski definition) is 2. The Morgan fingerprint density at radius 1 is 1.27 bits per heavy atom. The second-order valence-electron chi connectivity index (χ2n) is 6.11. The van der Waals surface area contributed by atoms with E-state index in [1.165, 1.54) is 5.56 Å². The first-order valence-corrected chi connectivity index (χ1v) is 9.56. The Morgan fingerprint density at radius 3 is 2.59 bits per heavy atom. The van der Waals surface area contributed by atoms with Gasteiger partial charge < -0.3 is 5.32 Å². The molecule has 1 aliphatic rings. The zero-order chi connectivity index (χ0) is 16.2. The molecule has 5 nitrogen and oxygen atoms in total. The summed E-state index contributed by atoms with van der Waals surface area (Å²) in [5.41, 5.74) is 1.27. The summed E-state index contributed by atoms with van der Waals surface area (Å²) in [6, 6.07) is 9.63. The minimum atomic E-state index is -3.37. The Balaban J connectivity index is 1.92. The lowest BCUT2D eigenvalue weighted by Gasteiger charge is -2.23. The van der Waals surface area contributed by atoms with Gasteiger partial charge in [-0.2, -0.15) is 0 Å². The van der Waals surface area contributed by atoms with Crippen LogP contribution < -0.4 is 10.0 Å². The van der Waals surface area contributed by atoms with Gasteiger partial charge in [-0.05, 0) is 37.7 Å². The van der Waals surface area contributed by atoms with Crippen molar-refractivity contribution in [1.29, 1.82) is 0 Å². The van der Waals surface area contributed by atoms with E-state index < -0.39 is 16.1 Å². The fraction of sp³-hybridized carbons (Fsp3) is 0.562. The highest BCUT2D eigenvalue weighted by molar-refractivity contribution is 7.88. The maximum Gasteiger partial charge on any atom is 0.238 e. The van der Waals surface area contributed by atoms with Crippen LogP contribution in [0.4, 0.5) is 0 Å². The molecule has 0 heterocycles. The second kappa shape index (κ2) is 7.24. The van der Waals surface area contributed by atoms with Crippen molar-refractivity contribution in [3.8, 4) is 0 Å². The highest BCUT2D eigenvalue weighted by Crippen LogP contribution is 2.28. The molecule has 0 aromatic heterocycles. The largest absolute Gasteiger partial charge is 0.352 e. The fourth-order valence-electron chi connectivity index (χ4n) is 3.07. The minimum Gasteiger partial charge on any atom is -0.352 e. The smallest absolute Gasteiger partial charge is 0.238 e. The molecule has 1 aromatic carbocycles. The third kappa shape index (κ3) is 5.10. The normalized spacial score (nSPS) is 23.2. The van der Waals surface area contributed by atoms with E-state index in [0.717, 1.165) is 31.9 Å². The summed E-state index contributed by atoms with van der Waals surface area (Å²) in [4.78, 5) is 12.1. The van der Waals surface area contributed by atoms with Crippen molar-refractivity contribution < 1.29 is 13.2 Å². The number of carbonyl (C=O) groups is 1. The Labute approximate surface area is 132 Å². The number of benzene rings is 1. The van der Waals surface area contributed by atoms with Crippen LogP contribution in [0, 0.1) is 5.92 Å². The number of amides is 1. The summed E-state index contributed by atoms with van der Waals surface area (Å²) in [5.74, 6) is 0.159. The van der Waals surface area contributed by atoms with Gasteiger partial charge in [0.05, 0.1) is 12.3 Å². The van der Waals surface area contributed by atoms with E-state index in [4.69, 9.17) is 0 Å². The summed E-state index contributed by atoms with van der Waals surface area (Å²) in [6.07, 6.45) is 5.14. The standard InChI is InChI=1S/C16H24N2O3S/c1-12(18-22(2,20)21)16(19)17-15-10-6-9-14(15)11-13-7-4-3-5-8-13/h3-5,7-8,12,14-15,18H,6,9-11H2,1-2H3,(H,17,19)/t12-,14-,15+/m0/s1. The van der Waals surface area contributed by atoms with E-state index >= 15 is 0 Å². The summed E-state index contributed by atoms with van der Waals surface area (Å²) in [6.45, 7) is 1.57. The lowest BCUT2D eigenvalue weighted by molar-refractivity contribution is -0.123. The second-order valence-corrected chi connectivity index (χ2v) is 7.89. The fourth-order valence-corrected chi connectivity index (χ4v) is 3.82. The predicted molar refractivity (Wildman–Crippen MR) is 86.9 cm³/mol. The molecule has 1 amide bonds. The van der Waals surface area contributed by atoms with Gasteiger partial charge in [-0.25, -0.2) is 13.1 Å². The van der Waals surface area contributed by atoms with Gasteiger partial charge in [0.25, 0.3) is 0 Å². The van der Waals surface area contributed by atoms with Gasteiger partial charge in [0.2, 0.25) is 15.9 Å². The molecule has 0 radical (unpaired) electrons. The third-order valence-electron chi connectivity index (χ3n) is 4.11. The highest BCUT2D eigenvalue weighted by Gasteiger charge is 2.30. The first kappa shape index (κ1) is 17.0. The average molecular weight is 324 g/mol. The van der Waals surface area contributed by atoms with Crippen LogP contribution in [-0.4, -0.2) is 32.7 Å². The molecule has 3 atom stereocenters. The monoisotopic (exact) mass is 324 g/mol. The number of sulfonamides is 1. The summed E-state index contributed by atoms with van der Waals surface area (Å²) >= 11 is 0. The van der Waals surface area contributed by atoms with Crippen molar-refractivity contribution in [3.05, 3.63) is 35.9 Å². The van der Waals surface area contributed by atoms with Crippen LogP contribution in [0.15, 0.2) is 30.3 Å². The van der Waals surface area contributed by atoms with Gasteiger partial charge in [-0.1, -0.05) is 36.8 Å². The molecule has 2 rings (SSSR count). The van der Waals surface area contributed by atoms with E-state index in [1.807, 2.05) is 18.2 Å². The Morgan fingerprint density at radius 2 is 1.95 bits per heavy atom. The van der Waals surface area contributed by atoms with Gasteiger partial charge in [0, 0.05) is 6.04 Å².